The molecule has 10 heteroatoms. The van der Waals surface area contributed by atoms with Crippen LogP contribution in [0.3, 0.4) is 0 Å². The lowest BCUT2D eigenvalue weighted by atomic mass is 10.1. The second-order valence-electron chi connectivity index (χ2n) is 7.33. The summed E-state index contributed by atoms with van der Waals surface area (Å²) < 4.78 is 0. The molecule has 0 saturated carbocycles. The minimum Gasteiger partial charge on any atom is -0.347 e. The van der Waals surface area contributed by atoms with Crippen molar-refractivity contribution in [3.63, 3.8) is 0 Å². The highest BCUT2D eigenvalue weighted by molar-refractivity contribution is 6.06. The minimum absolute atomic E-state index is 0.0120. The molecule has 1 saturated heterocycles. The van der Waals surface area contributed by atoms with Crippen molar-refractivity contribution >= 4 is 23.4 Å². The average molecular weight is 411 g/mol. The number of aromatic nitrogens is 6. The lowest BCUT2D eigenvalue weighted by molar-refractivity contribution is 0.252. The summed E-state index contributed by atoms with van der Waals surface area (Å²) in [7, 11) is 0. The summed E-state index contributed by atoms with van der Waals surface area (Å²) >= 11 is 0. The molecule has 0 bridgehead atoms. The van der Waals surface area contributed by atoms with Crippen LogP contribution in [-0.2, 0) is 0 Å². The fourth-order valence-electron chi connectivity index (χ4n) is 3.98. The molecule has 0 radical (unpaired) electrons. The molecule has 0 spiro atoms. The van der Waals surface area contributed by atoms with E-state index in [2.05, 4.69) is 35.8 Å². The minimum atomic E-state index is -0.232. The van der Waals surface area contributed by atoms with E-state index in [9.17, 15) is 4.79 Å². The number of aromatic amines is 1. The van der Waals surface area contributed by atoms with Crippen molar-refractivity contribution in [1.29, 1.82) is 0 Å². The molecule has 6 rings (SSSR count). The van der Waals surface area contributed by atoms with Crippen LogP contribution in [0, 0.1) is 0 Å². The Bertz CT molecular complexity index is 1240. The Morgan fingerprint density at radius 2 is 1.94 bits per heavy atom. The zero-order valence-electron chi connectivity index (χ0n) is 16.3. The number of rotatable bonds is 3. The lowest BCUT2D eigenvalue weighted by Gasteiger charge is -2.39. The van der Waals surface area contributed by atoms with Gasteiger partial charge in [0, 0.05) is 30.3 Å². The third-order valence-corrected chi connectivity index (χ3v) is 5.58. The molecule has 2 amide bonds. The van der Waals surface area contributed by atoms with E-state index in [1.54, 1.807) is 17.2 Å². The number of anilines is 3. The van der Waals surface area contributed by atoms with Gasteiger partial charge in [-0.3, -0.25) is 10.2 Å². The van der Waals surface area contributed by atoms with E-state index in [0.717, 1.165) is 35.5 Å². The first-order valence-electron chi connectivity index (χ1n) is 9.91. The number of tetrazole rings is 1. The maximum absolute atomic E-state index is 13.1. The quantitative estimate of drug-likeness (QED) is 0.532. The fourth-order valence-corrected chi connectivity index (χ4v) is 3.98. The zero-order valence-corrected chi connectivity index (χ0v) is 16.3. The molecule has 1 aromatic carbocycles. The van der Waals surface area contributed by atoms with Crippen LogP contribution in [-0.4, -0.2) is 49.3 Å². The second kappa shape index (κ2) is 6.87. The van der Waals surface area contributed by atoms with Crippen molar-refractivity contribution in [2.45, 2.75) is 12.6 Å². The first kappa shape index (κ1) is 17.5. The number of pyridine rings is 2. The van der Waals surface area contributed by atoms with E-state index in [1.807, 2.05) is 48.5 Å². The number of fused-ring (bicyclic) bond motifs is 3. The molecule has 10 nitrogen and oxygen atoms in total. The van der Waals surface area contributed by atoms with Gasteiger partial charge in [-0.2, -0.15) is 5.21 Å². The van der Waals surface area contributed by atoms with Crippen LogP contribution in [0.2, 0.25) is 0 Å². The Balaban J connectivity index is 1.32. The molecule has 3 aromatic heterocycles. The summed E-state index contributed by atoms with van der Waals surface area (Å²) in [6.07, 6.45) is 2.54. The van der Waals surface area contributed by atoms with Crippen LogP contribution in [0.15, 0.2) is 60.8 Å². The highest BCUT2D eigenvalue weighted by atomic mass is 16.2. The smallest absolute Gasteiger partial charge is 0.330 e. The Kier molecular flexibility index (Phi) is 3.88. The molecule has 2 aliphatic rings. The van der Waals surface area contributed by atoms with Crippen molar-refractivity contribution in [3.05, 3.63) is 60.8 Å². The maximum atomic E-state index is 13.1. The number of urea groups is 1. The van der Waals surface area contributed by atoms with E-state index in [4.69, 9.17) is 4.98 Å². The van der Waals surface area contributed by atoms with E-state index >= 15 is 0 Å². The number of H-pyrrole nitrogens is 1. The normalized spacial score (nSPS) is 16.5. The molecule has 2 aliphatic heterocycles. The Hall–Kier alpha value is -4.34. The van der Waals surface area contributed by atoms with Gasteiger partial charge in [-0.1, -0.05) is 30.3 Å². The summed E-state index contributed by atoms with van der Waals surface area (Å²) in [6.45, 7) is 0.908. The topological polar surface area (TPSA) is 116 Å². The van der Waals surface area contributed by atoms with Crippen LogP contribution in [0.4, 0.5) is 22.1 Å². The van der Waals surface area contributed by atoms with Gasteiger partial charge in [0.25, 0.3) is 0 Å². The number of nitrogens with zero attached hydrogens (tertiary/aromatic N) is 7. The van der Waals surface area contributed by atoms with Crippen molar-refractivity contribution in [2.24, 2.45) is 0 Å². The van der Waals surface area contributed by atoms with Gasteiger partial charge in [0.2, 0.25) is 5.82 Å². The van der Waals surface area contributed by atoms with Crippen molar-refractivity contribution in [1.82, 2.24) is 30.6 Å². The van der Waals surface area contributed by atoms with Crippen molar-refractivity contribution in [2.75, 3.05) is 21.7 Å². The molecule has 5 heterocycles. The Morgan fingerprint density at radius 3 is 2.65 bits per heavy atom. The SMILES string of the molecule is O=C(Nc1ccccn1)N1c2nc(-c3ccc(-c4nn[nH]n4)cc3)ccc2N2CC[C@@H]21. The summed E-state index contributed by atoms with van der Waals surface area (Å²) in [5.74, 6) is 1.71. The zero-order chi connectivity index (χ0) is 20.8. The molecular weight excluding hydrogens is 394 g/mol. The summed E-state index contributed by atoms with van der Waals surface area (Å²) in [4.78, 5) is 26.0. The molecule has 0 unspecified atom stereocenters. The highest BCUT2D eigenvalue weighted by Crippen LogP contribution is 2.45. The van der Waals surface area contributed by atoms with Gasteiger partial charge in [-0.25, -0.2) is 14.8 Å². The van der Waals surface area contributed by atoms with Crippen LogP contribution < -0.4 is 15.1 Å². The van der Waals surface area contributed by atoms with Crippen molar-refractivity contribution in [3.8, 4) is 22.6 Å². The van der Waals surface area contributed by atoms with E-state index in [0.29, 0.717) is 17.5 Å². The number of nitrogens with one attached hydrogen (secondary N) is 2. The van der Waals surface area contributed by atoms with E-state index in [1.165, 1.54) is 0 Å². The highest BCUT2D eigenvalue weighted by Gasteiger charge is 2.46. The predicted molar refractivity (Wildman–Crippen MR) is 114 cm³/mol. The van der Waals surface area contributed by atoms with Gasteiger partial charge >= 0.3 is 6.03 Å². The lowest BCUT2D eigenvalue weighted by Crippen LogP contribution is -2.56. The monoisotopic (exact) mass is 411 g/mol. The van der Waals surface area contributed by atoms with E-state index < -0.39 is 0 Å². The van der Waals surface area contributed by atoms with Crippen LogP contribution in [0.5, 0.6) is 0 Å². The summed E-state index contributed by atoms with van der Waals surface area (Å²) in [5.41, 5.74) is 3.56. The molecule has 1 atom stereocenters. The first-order valence-corrected chi connectivity index (χ1v) is 9.91. The molecule has 31 heavy (non-hydrogen) atoms. The molecular formula is C21H17N9O. The van der Waals surface area contributed by atoms with Gasteiger partial charge in [0.15, 0.2) is 5.82 Å². The summed E-state index contributed by atoms with van der Waals surface area (Å²) in [5, 5.41) is 16.9. The first-order chi connectivity index (χ1) is 15.3. The van der Waals surface area contributed by atoms with Gasteiger partial charge in [-0.15, -0.1) is 10.2 Å². The number of amides is 2. The molecule has 1 fully saturated rings. The number of benzene rings is 1. The standard InChI is InChI=1S/C21H17N9O/c31-21(24-17-3-1-2-11-22-17)30-18-10-12-29(18)16-9-8-15(23-20(16)30)13-4-6-14(7-5-13)19-25-27-28-26-19/h1-9,11,18H,10,12H2,(H,22,24,31)(H,25,26,27,28)/t18-/m0/s1. The third-order valence-electron chi connectivity index (χ3n) is 5.58. The predicted octanol–water partition coefficient (Wildman–Crippen LogP) is 2.91. The molecule has 152 valence electrons. The number of hydrogen-bond acceptors (Lipinski definition) is 7. The Morgan fingerprint density at radius 1 is 1.06 bits per heavy atom. The van der Waals surface area contributed by atoms with Gasteiger partial charge in [-0.05, 0) is 29.5 Å². The average Bonchev–Trinajstić information content (AvgIpc) is 3.39. The van der Waals surface area contributed by atoms with E-state index in [-0.39, 0.29) is 12.2 Å². The van der Waals surface area contributed by atoms with Crippen LogP contribution >= 0.6 is 0 Å². The molecule has 4 aromatic rings. The van der Waals surface area contributed by atoms with Gasteiger partial charge in [0.05, 0.1) is 11.4 Å². The Labute approximate surface area is 176 Å². The molecule has 0 aliphatic carbocycles. The maximum Gasteiger partial charge on any atom is 0.330 e. The third kappa shape index (κ3) is 2.88. The largest absolute Gasteiger partial charge is 0.347 e. The number of carbonyl (C=O) groups is 1. The molecule has 2 N–H and O–H groups in total. The van der Waals surface area contributed by atoms with Gasteiger partial charge < -0.3 is 4.90 Å². The van der Waals surface area contributed by atoms with Gasteiger partial charge in [0.1, 0.15) is 12.0 Å². The van der Waals surface area contributed by atoms with Crippen molar-refractivity contribution < 1.29 is 4.79 Å². The summed E-state index contributed by atoms with van der Waals surface area (Å²) in [6, 6.07) is 17.0. The number of carbonyl (C=O) groups excluding carboxylic acids is 1. The number of hydrogen-bond donors (Lipinski definition) is 2. The second-order valence-corrected chi connectivity index (χ2v) is 7.33. The fraction of sp³-hybridized carbons (Fsp3) is 0.143. The van der Waals surface area contributed by atoms with Crippen LogP contribution in [0.1, 0.15) is 6.42 Å². The van der Waals surface area contributed by atoms with Crippen LogP contribution in [0.25, 0.3) is 22.6 Å².